The lowest BCUT2D eigenvalue weighted by molar-refractivity contribution is -0.141. The summed E-state index contributed by atoms with van der Waals surface area (Å²) in [4.78, 5) is 6.35. The van der Waals surface area contributed by atoms with Gasteiger partial charge in [-0.25, -0.2) is 4.98 Å². The summed E-state index contributed by atoms with van der Waals surface area (Å²) in [7, 11) is 0. The van der Waals surface area contributed by atoms with Gasteiger partial charge in [0.25, 0.3) is 0 Å². The van der Waals surface area contributed by atoms with E-state index in [9.17, 15) is 13.2 Å². The zero-order valence-electron chi connectivity index (χ0n) is 20.2. The quantitative estimate of drug-likeness (QED) is 0.225. The second-order valence-electron chi connectivity index (χ2n) is 9.83. The van der Waals surface area contributed by atoms with Crippen molar-refractivity contribution in [1.82, 2.24) is 18.9 Å². The van der Waals surface area contributed by atoms with Gasteiger partial charge in [-0.15, -0.1) is 0 Å². The van der Waals surface area contributed by atoms with Crippen molar-refractivity contribution in [2.45, 2.75) is 58.7 Å². The van der Waals surface area contributed by atoms with Crippen molar-refractivity contribution in [3.63, 3.8) is 0 Å². The van der Waals surface area contributed by atoms with Crippen molar-refractivity contribution in [3.05, 3.63) is 63.9 Å². The monoisotopic (exact) mass is 546 g/mol. The molecular formula is C27H30BrF3N4. The fourth-order valence-corrected chi connectivity index (χ4v) is 5.37. The van der Waals surface area contributed by atoms with Gasteiger partial charge < -0.3 is 0 Å². The average Bonchev–Trinajstić information content (AvgIpc) is 3.48. The number of hydrogen-bond acceptors (Lipinski definition) is 2. The number of benzene rings is 2. The Morgan fingerprint density at radius 3 is 2.43 bits per heavy atom. The molecule has 1 saturated carbocycles. The van der Waals surface area contributed by atoms with E-state index in [4.69, 9.17) is 0 Å². The Morgan fingerprint density at radius 1 is 1.11 bits per heavy atom. The molecule has 2 aromatic carbocycles. The summed E-state index contributed by atoms with van der Waals surface area (Å²) in [5.41, 5.74) is 2.87. The molecule has 0 amide bonds. The van der Waals surface area contributed by atoms with Gasteiger partial charge in [0.1, 0.15) is 0 Å². The Morgan fingerprint density at radius 2 is 1.83 bits per heavy atom. The van der Waals surface area contributed by atoms with Crippen molar-refractivity contribution in [3.8, 4) is 5.69 Å². The zero-order chi connectivity index (χ0) is 24.9. The number of rotatable bonds is 8. The van der Waals surface area contributed by atoms with Crippen molar-refractivity contribution in [2.75, 3.05) is 13.1 Å². The van der Waals surface area contributed by atoms with Crippen LogP contribution in [0.5, 0.6) is 0 Å². The Balaban J connectivity index is 1.72. The molecule has 35 heavy (non-hydrogen) atoms. The highest BCUT2D eigenvalue weighted by molar-refractivity contribution is 9.10. The summed E-state index contributed by atoms with van der Waals surface area (Å²) < 4.78 is 47.2. The van der Waals surface area contributed by atoms with Crippen LogP contribution in [0.2, 0.25) is 0 Å². The molecule has 5 rings (SSSR count). The Labute approximate surface area is 211 Å². The smallest absolute Gasteiger partial charge is 0.298 e. The topological polar surface area (TPSA) is 25.5 Å². The third-order valence-electron chi connectivity index (χ3n) is 7.04. The van der Waals surface area contributed by atoms with E-state index in [1.54, 1.807) is 4.40 Å². The summed E-state index contributed by atoms with van der Waals surface area (Å²) in [6, 6.07) is 13.6. The first-order chi connectivity index (χ1) is 16.7. The molecule has 4 nitrogen and oxygen atoms in total. The first-order valence-electron chi connectivity index (χ1n) is 12.3. The molecular weight excluding hydrogens is 517 g/mol. The van der Waals surface area contributed by atoms with Crippen molar-refractivity contribution in [1.29, 1.82) is 0 Å². The molecule has 186 valence electrons. The van der Waals surface area contributed by atoms with Gasteiger partial charge in [0.05, 0.1) is 22.4 Å². The number of alkyl halides is 3. The Hall–Kier alpha value is -2.32. The molecule has 0 bridgehead atoms. The summed E-state index contributed by atoms with van der Waals surface area (Å²) in [5.74, 6) is 1.35. The van der Waals surface area contributed by atoms with E-state index in [-0.39, 0.29) is 18.0 Å². The number of imidazole rings is 2. The van der Waals surface area contributed by atoms with Crippen LogP contribution in [0.4, 0.5) is 13.2 Å². The molecule has 0 unspecified atom stereocenters. The Kier molecular flexibility index (Phi) is 6.46. The van der Waals surface area contributed by atoms with Gasteiger partial charge in [0.15, 0.2) is 5.69 Å². The summed E-state index contributed by atoms with van der Waals surface area (Å²) in [6.45, 7) is 7.94. The first kappa shape index (κ1) is 24.4. The lowest BCUT2D eigenvalue weighted by Gasteiger charge is -2.21. The number of para-hydroxylation sites is 2. The molecule has 0 spiro atoms. The average molecular weight is 547 g/mol. The van der Waals surface area contributed by atoms with E-state index in [2.05, 4.69) is 39.7 Å². The highest BCUT2D eigenvalue weighted by Gasteiger charge is 2.39. The second-order valence-corrected chi connectivity index (χ2v) is 10.7. The summed E-state index contributed by atoms with van der Waals surface area (Å²) in [6.07, 6.45) is -1.03. The largest absolute Gasteiger partial charge is 0.435 e. The number of fused-ring (bicyclic) bond motifs is 3. The molecule has 2 aromatic heterocycles. The minimum atomic E-state index is -4.54. The second kappa shape index (κ2) is 9.28. The van der Waals surface area contributed by atoms with Gasteiger partial charge in [-0.05, 0) is 77.1 Å². The van der Waals surface area contributed by atoms with Gasteiger partial charge in [-0.3, -0.25) is 13.9 Å². The first-order valence-corrected chi connectivity index (χ1v) is 13.1. The van der Waals surface area contributed by atoms with Crippen LogP contribution >= 0.6 is 15.9 Å². The van der Waals surface area contributed by atoms with E-state index in [1.165, 1.54) is 12.8 Å². The minimum Gasteiger partial charge on any atom is -0.298 e. The molecule has 2 heterocycles. The third-order valence-corrected chi connectivity index (χ3v) is 7.67. The number of aromatic nitrogens is 3. The lowest BCUT2D eigenvalue weighted by atomic mass is 10.0. The molecule has 8 heteroatoms. The SMILES string of the molecule is CCN(CCC1CC1)Cc1c(C(F)(F)F)nc2n(-c3ccc(C(C)C)cc3Br)c3ccccc3n12. The maximum absolute atomic E-state index is 14.3. The predicted octanol–water partition coefficient (Wildman–Crippen LogP) is 7.80. The molecule has 0 radical (unpaired) electrons. The molecule has 1 aliphatic rings. The van der Waals surface area contributed by atoms with Crippen LogP contribution in [0.1, 0.15) is 62.9 Å². The summed E-state index contributed by atoms with van der Waals surface area (Å²) in [5, 5.41) is 0. The van der Waals surface area contributed by atoms with Gasteiger partial charge in [-0.2, -0.15) is 13.2 Å². The van der Waals surface area contributed by atoms with Gasteiger partial charge >= 0.3 is 6.18 Å². The standard InChI is InChI=1S/C27H30BrF3N4/c1-4-33(14-13-18-9-10-18)16-24-25(27(29,30)31)32-26-34(22-7-5-6-8-23(22)35(24)26)21-12-11-19(17(2)3)15-20(21)28/h5-8,11-12,15,17-18H,4,9-10,13-14,16H2,1-3H3. The zero-order valence-corrected chi connectivity index (χ0v) is 21.8. The molecule has 1 aliphatic carbocycles. The van der Waals surface area contributed by atoms with Gasteiger partial charge in [0.2, 0.25) is 5.78 Å². The van der Waals surface area contributed by atoms with Crippen LogP contribution in [-0.2, 0) is 12.7 Å². The van der Waals surface area contributed by atoms with Crippen LogP contribution in [0.25, 0.3) is 22.5 Å². The minimum absolute atomic E-state index is 0.204. The maximum atomic E-state index is 14.3. The normalized spacial score (nSPS) is 14.8. The molecule has 0 N–H and O–H groups in total. The van der Waals surface area contributed by atoms with E-state index in [0.717, 1.165) is 45.6 Å². The maximum Gasteiger partial charge on any atom is 0.435 e. The van der Waals surface area contributed by atoms with E-state index in [1.807, 2.05) is 54.0 Å². The number of hydrogen-bond donors (Lipinski definition) is 0. The van der Waals surface area contributed by atoms with E-state index < -0.39 is 11.9 Å². The highest BCUT2D eigenvalue weighted by Crippen LogP contribution is 2.38. The van der Waals surface area contributed by atoms with E-state index >= 15 is 0 Å². The van der Waals surface area contributed by atoms with Gasteiger partial charge in [0, 0.05) is 11.0 Å². The van der Waals surface area contributed by atoms with Crippen LogP contribution < -0.4 is 0 Å². The third kappa shape index (κ3) is 4.62. The molecule has 4 aromatic rings. The van der Waals surface area contributed by atoms with E-state index in [0.29, 0.717) is 12.5 Å². The van der Waals surface area contributed by atoms with Crippen molar-refractivity contribution >= 4 is 32.7 Å². The van der Waals surface area contributed by atoms with Crippen molar-refractivity contribution < 1.29 is 13.2 Å². The molecule has 0 aliphatic heterocycles. The molecule has 1 fully saturated rings. The lowest BCUT2D eigenvalue weighted by Crippen LogP contribution is -2.26. The fraction of sp³-hybridized carbons (Fsp3) is 0.444. The summed E-state index contributed by atoms with van der Waals surface area (Å²) >= 11 is 3.68. The number of halogens is 4. The van der Waals surface area contributed by atoms with Crippen molar-refractivity contribution in [2.24, 2.45) is 5.92 Å². The molecule has 0 saturated heterocycles. The number of nitrogens with zero attached hydrogens (tertiary/aromatic N) is 4. The molecule has 0 atom stereocenters. The predicted molar refractivity (Wildman–Crippen MR) is 137 cm³/mol. The Bertz CT molecular complexity index is 1360. The highest BCUT2D eigenvalue weighted by atomic mass is 79.9. The van der Waals surface area contributed by atoms with Crippen LogP contribution in [0, 0.1) is 5.92 Å². The fourth-order valence-electron chi connectivity index (χ4n) is 4.80. The van der Waals surface area contributed by atoms with Crippen LogP contribution in [-0.4, -0.2) is 31.9 Å². The van der Waals surface area contributed by atoms with Crippen LogP contribution in [0.3, 0.4) is 0 Å². The van der Waals surface area contributed by atoms with Crippen LogP contribution in [0.15, 0.2) is 46.9 Å². The van der Waals surface area contributed by atoms with Gasteiger partial charge in [-0.1, -0.05) is 51.8 Å².